The molecule has 2 aromatic rings. The summed E-state index contributed by atoms with van der Waals surface area (Å²) in [7, 11) is 1.60. The van der Waals surface area contributed by atoms with Gasteiger partial charge in [0.25, 0.3) is 0 Å². The monoisotopic (exact) mass is 335 g/mol. The predicted octanol–water partition coefficient (Wildman–Crippen LogP) is 4.38. The number of carbonyl (C=O) groups is 1. The van der Waals surface area contributed by atoms with Crippen LogP contribution in [0.3, 0.4) is 0 Å². The molecule has 0 bridgehead atoms. The van der Waals surface area contributed by atoms with Crippen LogP contribution in [0.5, 0.6) is 5.75 Å². The van der Waals surface area contributed by atoms with Crippen molar-refractivity contribution in [2.45, 2.75) is 26.2 Å². The Morgan fingerprint density at radius 1 is 1.12 bits per heavy atom. The van der Waals surface area contributed by atoms with Crippen LogP contribution in [-0.2, 0) is 16.0 Å². The zero-order chi connectivity index (χ0) is 17.6. The number of benzene rings is 2. The van der Waals surface area contributed by atoms with Crippen LogP contribution < -0.4 is 4.74 Å². The molecule has 0 atom stereocenters. The molecular weight excluding hydrogens is 314 g/mol. The molecule has 1 aliphatic rings. The van der Waals surface area contributed by atoms with Crippen molar-refractivity contribution in [1.82, 2.24) is 0 Å². The summed E-state index contributed by atoms with van der Waals surface area (Å²) in [5.74, 6) is 0.580. The number of nitrogens with zero attached hydrogens (tertiary/aromatic N) is 1. The van der Waals surface area contributed by atoms with Crippen molar-refractivity contribution in [3.05, 3.63) is 70.9 Å². The molecule has 3 rings (SSSR count). The highest BCUT2D eigenvalue weighted by molar-refractivity contribution is 6.12. The average molecular weight is 335 g/mol. The molecule has 0 amide bonds. The van der Waals surface area contributed by atoms with Gasteiger partial charge in [-0.2, -0.15) is 0 Å². The molecule has 0 saturated heterocycles. The number of unbranched alkanes of at least 4 members (excludes halogenated alkanes) is 1. The van der Waals surface area contributed by atoms with Crippen molar-refractivity contribution in [3.8, 4) is 5.75 Å². The first kappa shape index (κ1) is 17.0. The van der Waals surface area contributed by atoms with Crippen LogP contribution in [0, 0.1) is 0 Å². The standard InChI is InChI=1S/C21H21NO3/c1-3-4-7-15-10-12-16(13-11-15)20-22-18(21(23)25-20)14-17-8-5-6-9-19(17)24-2/h5-6,8-14H,3-4,7H2,1-2H3/b18-14-. The summed E-state index contributed by atoms with van der Waals surface area (Å²) in [5, 5.41) is 0. The summed E-state index contributed by atoms with van der Waals surface area (Å²) in [6.07, 6.45) is 5.08. The second-order valence-electron chi connectivity index (χ2n) is 5.88. The Bertz CT molecular complexity index is 819. The molecule has 0 fully saturated rings. The summed E-state index contributed by atoms with van der Waals surface area (Å²) in [4.78, 5) is 16.5. The molecule has 4 heteroatoms. The molecule has 25 heavy (non-hydrogen) atoms. The summed E-state index contributed by atoms with van der Waals surface area (Å²) in [6, 6.07) is 15.5. The fourth-order valence-corrected chi connectivity index (χ4v) is 2.66. The minimum Gasteiger partial charge on any atom is -0.496 e. The van der Waals surface area contributed by atoms with Crippen molar-refractivity contribution < 1.29 is 14.3 Å². The van der Waals surface area contributed by atoms with Crippen molar-refractivity contribution in [1.29, 1.82) is 0 Å². The van der Waals surface area contributed by atoms with E-state index in [2.05, 4.69) is 24.0 Å². The third kappa shape index (κ3) is 3.97. The van der Waals surface area contributed by atoms with Crippen molar-refractivity contribution in [3.63, 3.8) is 0 Å². The van der Waals surface area contributed by atoms with Gasteiger partial charge >= 0.3 is 5.97 Å². The molecule has 0 aromatic heterocycles. The van der Waals surface area contributed by atoms with E-state index in [0.717, 1.165) is 17.5 Å². The second kappa shape index (κ2) is 7.79. The van der Waals surface area contributed by atoms with E-state index in [1.807, 2.05) is 36.4 Å². The van der Waals surface area contributed by atoms with E-state index in [4.69, 9.17) is 9.47 Å². The van der Waals surface area contributed by atoms with Gasteiger partial charge in [0, 0.05) is 11.1 Å². The van der Waals surface area contributed by atoms with Gasteiger partial charge in [0.15, 0.2) is 5.70 Å². The lowest BCUT2D eigenvalue weighted by molar-refractivity contribution is -0.129. The molecule has 0 radical (unpaired) electrons. The normalized spacial score (nSPS) is 15.2. The lowest BCUT2D eigenvalue weighted by atomic mass is 10.1. The van der Waals surface area contributed by atoms with Crippen molar-refractivity contribution >= 4 is 17.9 Å². The van der Waals surface area contributed by atoms with E-state index in [0.29, 0.717) is 11.6 Å². The fourth-order valence-electron chi connectivity index (χ4n) is 2.66. The van der Waals surface area contributed by atoms with E-state index in [1.54, 1.807) is 13.2 Å². The van der Waals surface area contributed by atoms with Crippen LogP contribution in [0.4, 0.5) is 0 Å². The van der Waals surface area contributed by atoms with Gasteiger partial charge in [-0.25, -0.2) is 9.79 Å². The summed E-state index contributed by atoms with van der Waals surface area (Å²) < 4.78 is 10.6. The van der Waals surface area contributed by atoms with Gasteiger partial charge in [0.05, 0.1) is 7.11 Å². The number of carbonyl (C=O) groups excluding carboxylic acids is 1. The van der Waals surface area contributed by atoms with E-state index in [9.17, 15) is 4.79 Å². The highest BCUT2D eigenvalue weighted by atomic mass is 16.6. The molecule has 0 unspecified atom stereocenters. The summed E-state index contributed by atoms with van der Waals surface area (Å²) in [5.41, 5.74) is 3.14. The largest absolute Gasteiger partial charge is 0.496 e. The zero-order valence-electron chi connectivity index (χ0n) is 14.5. The number of aliphatic imine (C=N–C) groups is 1. The molecule has 0 saturated carbocycles. The van der Waals surface area contributed by atoms with Crippen LogP contribution in [0.2, 0.25) is 0 Å². The Morgan fingerprint density at radius 3 is 2.60 bits per heavy atom. The topological polar surface area (TPSA) is 47.9 Å². The number of cyclic esters (lactones) is 1. The van der Waals surface area contributed by atoms with Gasteiger partial charge in [-0.05, 0) is 42.7 Å². The quantitative estimate of drug-likeness (QED) is 0.581. The van der Waals surface area contributed by atoms with E-state index in [-0.39, 0.29) is 5.70 Å². The molecule has 4 nitrogen and oxygen atoms in total. The summed E-state index contributed by atoms with van der Waals surface area (Å²) >= 11 is 0. The van der Waals surface area contributed by atoms with Crippen LogP contribution in [0.1, 0.15) is 36.5 Å². The van der Waals surface area contributed by atoms with Crippen LogP contribution in [0.15, 0.2) is 59.2 Å². The second-order valence-corrected chi connectivity index (χ2v) is 5.88. The molecule has 0 spiro atoms. The summed E-state index contributed by atoms with van der Waals surface area (Å²) in [6.45, 7) is 2.18. The van der Waals surface area contributed by atoms with Gasteiger partial charge in [0.2, 0.25) is 5.90 Å². The Kier molecular flexibility index (Phi) is 5.29. The van der Waals surface area contributed by atoms with Gasteiger partial charge in [0.1, 0.15) is 5.75 Å². The SMILES string of the molecule is CCCCc1ccc(C2=N/C(=C\c3ccccc3OC)C(=O)O2)cc1. The number of esters is 1. The maximum atomic E-state index is 12.1. The molecule has 1 aliphatic heterocycles. The first-order chi connectivity index (χ1) is 12.2. The molecule has 2 aromatic carbocycles. The molecule has 0 N–H and O–H groups in total. The minimum absolute atomic E-state index is 0.273. The van der Waals surface area contributed by atoms with Gasteiger partial charge in [-0.1, -0.05) is 43.7 Å². The van der Waals surface area contributed by atoms with Crippen molar-refractivity contribution in [2.75, 3.05) is 7.11 Å². The third-order valence-electron chi connectivity index (χ3n) is 4.07. The third-order valence-corrected chi connectivity index (χ3v) is 4.07. The maximum Gasteiger partial charge on any atom is 0.363 e. The number of hydrogen-bond donors (Lipinski definition) is 0. The zero-order valence-corrected chi connectivity index (χ0v) is 14.5. The van der Waals surface area contributed by atoms with E-state index < -0.39 is 5.97 Å². The Balaban J connectivity index is 1.83. The van der Waals surface area contributed by atoms with Crippen LogP contribution >= 0.6 is 0 Å². The number of hydrogen-bond acceptors (Lipinski definition) is 4. The van der Waals surface area contributed by atoms with Gasteiger partial charge in [-0.3, -0.25) is 0 Å². The first-order valence-electron chi connectivity index (χ1n) is 8.46. The van der Waals surface area contributed by atoms with Gasteiger partial charge in [-0.15, -0.1) is 0 Å². The molecule has 1 heterocycles. The van der Waals surface area contributed by atoms with E-state index >= 15 is 0 Å². The first-order valence-corrected chi connectivity index (χ1v) is 8.46. The molecule has 128 valence electrons. The number of methoxy groups -OCH3 is 1. The highest BCUT2D eigenvalue weighted by Gasteiger charge is 2.24. The highest BCUT2D eigenvalue weighted by Crippen LogP contribution is 2.24. The minimum atomic E-state index is -0.448. The lowest BCUT2D eigenvalue weighted by Gasteiger charge is -2.03. The van der Waals surface area contributed by atoms with Crippen LogP contribution in [-0.4, -0.2) is 19.0 Å². The fraction of sp³-hybridized carbons (Fsp3) is 0.238. The van der Waals surface area contributed by atoms with Crippen molar-refractivity contribution in [2.24, 2.45) is 4.99 Å². The Morgan fingerprint density at radius 2 is 1.88 bits per heavy atom. The number of para-hydroxylation sites is 1. The number of aryl methyl sites for hydroxylation is 1. The average Bonchev–Trinajstić information content (AvgIpc) is 3.01. The molecule has 0 aliphatic carbocycles. The predicted molar refractivity (Wildman–Crippen MR) is 98.7 cm³/mol. The Labute approximate surface area is 147 Å². The maximum absolute atomic E-state index is 12.1. The lowest BCUT2D eigenvalue weighted by Crippen LogP contribution is -2.05. The van der Waals surface area contributed by atoms with Crippen LogP contribution in [0.25, 0.3) is 6.08 Å². The number of ether oxygens (including phenoxy) is 2. The Hall–Kier alpha value is -2.88. The van der Waals surface area contributed by atoms with Gasteiger partial charge < -0.3 is 9.47 Å². The number of rotatable bonds is 6. The molecular formula is C21H21NO3. The smallest absolute Gasteiger partial charge is 0.363 e. The van der Waals surface area contributed by atoms with E-state index in [1.165, 1.54) is 18.4 Å².